The maximum atomic E-state index is 12.5. The fraction of sp³-hybridized carbons (Fsp3) is 0.471. The molecule has 12 heteroatoms. The number of benzene rings is 2. The molecule has 2 amide bonds. The number of nitrogen functional groups attached to an aromatic ring is 2. The maximum Gasteiger partial charge on any atom is 0.233 e. The highest BCUT2D eigenvalue weighted by Gasteiger charge is 2.32. The Balaban J connectivity index is 1.09. The molecular formula is C34H45ClN8O2S. The summed E-state index contributed by atoms with van der Waals surface area (Å²) in [6, 6.07) is 13.8. The van der Waals surface area contributed by atoms with Crippen molar-refractivity contribution in [1.82, 2.24) is 20.6 Å². The van der Waals surface area contributed by atoms with E-state index in [9.17, 15) is 9.59 Å². The molecule has 2 aromatic carbocycles. The second kappa shape index (κ2) is 15.4. The summed E-state index contributed by atoms with van der Waals surface area (Å²) in [5.41, 5.74) is 14.9. The van der Waals surface area contributed by atoms with Gasteiger partial charge in [-0.15, -0.1) is 0 Å². The lowest BCUT2D eigenvalue weighted by Crippen LogP contribution is -2.53. The SMILES string of the molecule is CCCC(C(=O)NC=O)c1cccc(N2CCC(CNC3(C)CCN(c4cnc(Sc5cccc(N)c5Cl)c(N)n4)CC3)CC2)c1. The van der Waals surface area contributed by atoms with Crippen molar-refractivity contribution in [2.45, 2.75) is 73.8 Å². The molecule has 0 radical (unpaired) electrons. The number of carbonyl (C=O) groups excluding carboxylic acids is 2. The third-order valence-corrected chi connectivity index (χ3v) is 10.9. The molecule has 46 heavy (non-hydrogen) atoms. The lowest BCUT2D eigenvalue weighted by atomic mass is 9.87. The van der Waals surface area contributed by atoms with E-state index in [0.717, 1.165) is 86.8 Å². The van der Waals surface area contributed by atoms with E-state index in [1.807, 2.05) is 24.3 Å². The van der Waals surface area contributed by atoms with Crippen LogP contribution in [0, 0.1) is 5.92 Å². The molecule has 2 aliphatic rings. The highest BCUT2D eigenvalue weighted by atomic mass is 35.5. The number of anilines is 4. The summed E-state index contributed by atoms with van der Waals surface area (Å²) in [4.78, 5) is 38.1. The Hall–Kier alpha value is -3.54. The van der Waals surface area contributed by atoms with Gasteiger partial charge in [0.05, 0.1) is 22.8 Å². The third-order valence-electron chi connectivity index (χ3n) is 9.31. The van der Waals surface area contributed by atoms with Crippen molar-refractivity contribution in [3.63, 3.8) is 0 Å². The van der Waals surface area contributed by atoms with Gasteiger partial charge in [0.1, 0.15) is 10.8 Å². The second-order valence-corrected chi connectivity index (χ2v) is 14.0. The van der Waals surface area contributed by atoms with Gasteiger partial charge in [0.2, 0.25) is 12.3 Å². The summed E-state index contributed by atoms with van der Waals surface area (Å²) < 4.78 is 0. The van der Waals surface area contributed by atoms with Crippen LogP contribution in [0.25, 0.3) is 0 Å². The minimum absolute atomic E-state index is 0.0666. The largest absolute Gasteiger partial charge is 0.397 e. The molecule has 10 nitrogen and oxygen atoms in total. The smallest absolute Gasteiger partial charge is 0.233 e. The van der Waals surface area contributed by atoms with Crippen molar-refractivity contribution < 1.29 is 9.59 Å². The number of rotatable bonds is 12. The zero-order valence-electron chi connectivity index (χ0n) is 26.7. The van der Waals surface area contributed by atoms with Crippen LogP contribution >= 0.6 is 23.4 Å². The first-order valence-corrected chi connectivity index (χ1v) is 17.3. The molecule has 2 fully saturated rings. The number of imide groups is 1. The Morgan fingerprint density at radius 2 is 1.87 bits per heavy atom. The number of halogens is 1. The fourth-order valence-electron chi connectivity index (χ4n) is 6.35. The van der Waals surface area contributed by atoms with Gasteiger partial charge in [-0.2, -0.15) is 0 Å². The fourth-order valence-corrected chi connectivity index (χ4v) is 7.41. The predicted molar refractivity (Wildman–Crippen MR) is 188 cm³/mol. The number of hydrogen-bond acceptors (Lipinski definition) is 10. The number of aromatic nitrogens is 2. The van der Waals surface area contributed by atoms with E-state index in [-0.39, 0.29) is 17.4 Å². The van der Waals surface area contributed by atoms with Crippen LogP contribution in [-0.4, -0.2) is 60.5 Å². The Labute approximate surface area is 281 Å². The summed E-state index contributed by atoms with van der Waals surface area (Å²) in [6.07, 6.45) is 8.09. The van der Waals surface area contributed by atoms with Gasteiger partial charge in [-0.25, -0.2) is 9.97 Å². The van der Waals surface area contributed by atoms with E-state index < -0.39 is 0 Å². The van der Waals surface area contributed by atoms with Crippen LogP contribution < -0.4 is 31.9 Å². The molecule has 0 aliphatic carbocycles. The molecule has 5 rings (SSSR count). The summed E-state index contributed by atoms with van der Waals surface area (Å²) in [5.74, 6) is 1.25. The number of nitrogens with one attached hydrogen (secondary N) is 2. The molecule has 3 heterocycles. The van der Waals surface area contributed by atoms with Gasteiger partial charge in [-0.05, 0) is 81.3 Å². The Kier molecular flexibility index (Phi) is 11.3. The Morgan fingerprint density at radius 1 is 1.13 bits per heavy atom. The molecule has 1 aromatic heterocycles. The van der Waals surface area contributed by atoms with Gasteiger partial charge in [0.15, 0.2) is 5.82 Å². The number of hydrogen-bond donors (Lipinski definition) is 4. The number of piperidine rings is 2. The molecule has 2 aliphatic heterocycles. The molecule has 246 valence electrons. The normalized spacial score (nSPS) is 17.5. The van der Waals surface area contributed by atoms with Gasteiger partial charge in [0, 0.05) is 42.3 Å². The molecule has 1 unspecified atom stereocenters. The van der Waals surface area contributed by atoms with Crippen molar-refractivity contribution in [1.29, 1.82) is 0 Å². The van der Waals surface area contributed by atoms with E-state index in [0.29, 0.717) is 40.3 Å². The van der Waals surface area contributed by atoms with Crippen LogP contribution in [0.5, 0.6) is 0 Å². The molecule has 0 bridgehead atoms. The number of nitrogens with zero attached hydrogens (tertiary/aromatic N) is 4. The standard InChI is InChI=1S/C34H45ClN8O2S/c1-3-6-26(32(45)39-22-44)24-7-4-8-25(19-24)42-15-11-23(12-16-42)20-40-34(2)13-17-43(18-14-34)29-21-38-33(31(37)41-29)46-28-10-5-9-27(36)30(28)35/h4-5,7-10,19,21-23,26,40H,3,6,11-18,20,36H2,1-2H3,(H2,37,41)(H,39,44,45). The molecule has 6 N–H and O–H groups in total. The topological polar surface area (TPSA) is 142 Å². The highest BCUT2D eigenvalue weighted by molar-refractivity contribution is 7.99. The minimum Gasteiger partial charge on any atom is -0.397 e. The summed E-state index contributed by atoms with van der Waals surface area (Å²) in [6.45, 7) is 9.11. The van der Waals surface area contributed by atoms with Crippen LogP contribution in [0.15, 0.2) is 58.6 Å². The van der Waals surface area contributed by atoms with E-state index in [4.69, 9.17) is 23.1 Å². The quantitative estimate of drug-likeness (QED) is 0.145. The molecule has 0 spiro atoms. The van der Waals surface area contributed by atoms with E-state index >= 15 is 0 Å². The van der Waals surface area contributed by atoms with Gasteiger partial charge >= 0.3 is 0 Å². The predicted octanol–water partition coefficient (Wildman–Crippen LogP) is 5.47. The number of carbonyl (C=O) groups is 2. The Bertz CT molecular complexity index is 1510. The van der Waals surface area contributed by atoms with E-state index in [2.05, 4.69) is 56.4 Å². The second-order valence-electron chi connectivity index (χ2n) is 12.6. The van der Waals surface area contributed by atoms with Crippen molar-refractivity contribution in [2.24, 2.45) is 5.92 Å². The lowest BCUT2D eigenvalue weighted by molar-refractivity contribution is -0.126. The van der Waals surface area contributed by atoms with E-state index in [1.165, 1.54) is 11.8 Å². The molecule has 2 saturated heterocycles. The molecule has 0 saturated carbocycles. The van der Waals surface area contributed by atoms with Crippen molar-refractivity contribution in [3.05, 3.63) is 59.2 Å². The van der Waals surface area contributed by atoms with Crippen molar-refractivity contribution in [3.8, 4) is 0 Å². The average Bonchev–Trinajstić information content (AvgIpc) is 3.06. The lowest BCUT2D eigenvalue weighted by Gasteiger charge is -2.42. The first-order valence-electron chi connectivity index (χ1n) is 16.1. The van der Waals surface area contributed by atoms with Crippen LogP contribution in [0.1, 0.15) is 63.9 Å². The maximum absolute atomic E-state index is 12.5. The molecule has 3 aromatic rings. The van der Waals surface area contributed by atoms with Crippen LogP contribution in [0.4, 0.5) is 23.0 Å². The minimum atomic E-state index is -0.314. The van der Waals surface area contributed by atoms with Gasteiger partial charge in [-0.3, -0.25) is 14.9 Å². The van der Waals surface area contributed by atoms with Crippen LogP contribution in [0.2, 0.25) is 5.02 Å². The monoisotopic (exact) mass is 664 g/mol. The molecule has 1 atom stereocenters. The third kappa shape index (κ3) is 8.24. The molecular weight excluding hydrogens is 620 g/mol. The zero-order valence-corrected chi connectivity index (χ0v) is 28.2. The number of amides is 2. The summed E-state index contributed by atoms with van der Waals surface area (Å²) in [5, 5.41) is 7.36. The summed E-state index contributed by atoms with van der Waals surface area (Å²) in [7, 11) is 0. The zero-order chi connectivity index (χ0) is 32.7. The van der Waals surface area contributed by atoms with Gasteiger partial charge in [-0.1, -0.05) is 54.9 Å². The van der Waals surface area contributed by atoms with Crippen LogP contribution in [0.3, 0.4) is 0 Å². The van der Waals surface area contributed by atoms with Crippen molar-refractivity contribution >= 4 is 58.7 Å². The van der Waals surface area contributed by atoms with E-state index in [1.54, 1.807) is 12.3 Å². The Morgan fingerprint density at radius 3 is 2.57 bits per heavy atom. The van der Waals surface area contributed by atoms with Crippen molar-refractivity contribution in [2.75, 3.05) is 54.0 Å². The first-order chi connectivity index (χ1) is 22.2. The van der Waals surface area contributed by atoms with Gasteiger partial charge in [0.25, 0.3) is 0 Å². The first kappa shape index (κ1) is 33.8. The van der Waals surface area contributed by atoms with Crippen LogP contribution in [-0.2, 0) is 9.59 Å². The highest BCUT2D eigenvalue weighted by Crippen LogP contribution is 2.38. The number of nitrogens with two attached hydrogens (primary N) is 2. The summed E-state index contributed by atoms with van der Waals surface area (Å²) >= 11 is 7.72. The average molecular weight is 665 g/mol. The van der Waals surface area contributed by atoms with Gasteiger partial charge < -0.3 is 26.6 Å².